The summed E-state index contributed by atoms with van der Waals surface area (Å²) in [6.07, 6.45) is 1.28. The quantitative estimate of drug-likeness (QED) is 0.459. The molecule has 0 saturated carbocycles. The lowest BCUT2D eigenvalue weighted by Crippen LogP contribution is -2.38. The molecule has 1 saturated heterocycles. The molecule has 0 aliphatic carbocycles. The average molecular weight is 537 g/mol. The average Bonchev–Trinajstić information content (AvgIpc) is 3.43. The second-order valence-electron chi connectivity index (χ2n) is 10.9. The summed E-state index contributed by atoms with van der Waals surface area (Å²) in [7, 11) is 1.81. The van der Waals surface area contributed by atoms with E-state index in [1.165, 1.54) is 0 Å². The first kappa shape index (κ1) is 26.9. The number of ether oxygens (including phenoxy) is 3. The summed E-state index contributed by atoms with van der Waals surface area (Å²) in [6, 6.07) is 7.13. The number of aromatic nitrogens is 4. The van der Waals surface area contributed by atoms with Gasteiger partial charge in [-0.1, -0.05) is 19.1 Å². The lowest BCUT2D eigenvalue weighted by atomic mass is 9.83. The van der Waals surface area contributed by atoms with E-state index < -0.39 is 11.4 Å². The maximum atomic E-state index is 13.7. The summed E-state index contributed by atoms with van der Waals surface area (Å²) in [5, 5.41) is 8.34. The Morgan fingerprint density at radius 2 is 1.87 bits per heavy atom. The van der Waals surface area contributed by atoms with E-state index in [9.17, 15) is 9.59 Å². The van der Waals surface area contributed by atoms with Crippen molar-refractivity contribution in [3.05, 3.63) is 47.3 Å². The number of fused-ring (bicyclic) bond motifs is 3. The molecule has 3 aromatic rings. The standard InChI is InChI=1S/C28H36N6O5/c1-18(2)39-27(36)21-16-34(17-28(3,4)22-23(21)29-25-24(22)32(5)31-30-25)26(35)19-6-8-20(9-7-19)38-15-12-33-10-13-37-14-11-33/h6-9,16,18,29H,10-15,17H2,1-5H3. The molecule has 1 fully saturated rings. The van der Waals surface area contributed by atoms with Crippen LogP contribution in [0.25, 0.3) is 16.7 Å². The van der Waals surface area contributed by atoms with Crippen LogP contribution in [0.15, 0.2) is 30.5 Å². The minimum Gasteiger partial charge on any atom is -0.492 e. The highest BCUT2D eigenvalue weighted by Gasteiger charge is 2.39. The zero-order valence-electron chi connectivity index (χ0n) is 23.2. The summed E-state index contributed by atoms with van der Waals surface area (Å²) < 4.78 is 18.5. The van der Waals surface area contributed by atoms with Gasteiger partial charge in [0.25, 0.3) is 5.91 Å². The number of hydrogen-bond acceptors (Lipinski definition) is 8. The van der Waals surface area contributed by atoms with Crippen LogP contribution in [-0.4, -0.2) is 93.8 Å². The molecule has 0 radical (unpaired) electrons. The van der Waals surface area contributed by atoms with E-state index in [0.717, 1.165) is 43.9 Å². The highest BCUT2D eigenvalue weighted by atomic mass is 16.5. The maximum Gasteiger partial charge on any atom is 0.342 e. The third-order valence-electron chi connectivity index (χ3n) is 7.06. The Morgan fingerprint density at radius 3 is 2.56 bits per heavy atom. The van der Waals surface area contributed by atoms with Gasteiger partial charge >= 0.3 is 5.97 Å². The van der Waals surface area contributed by atoms with Crippen LogP contribution in [0.4, 0.5) is 0 Å². The molecule has 0 bridgehead atoms. The van der Waals surface area contributed by atoms with Gasteiger partial charge in [-0.05, 0) is 38.1 Å². The number of aryl methyl sites for hydroxylation is 1. The maximum absolute atomic E-state index is 13.7. The molecule has 2 aromatic heterocycles. The van der Waals surface area contributed by atoms with Crippen molar-refractivity contribution in [3.8, 4) is 5.75 Å². The van der Waals surface area contributed by atoms with Crippen molar-refractivity contribution in [2.24, 2.45) is 7.05 Å². The van der Waals surface area contributed by atoms with Crippen LogP contribution in [-0.2, 0) is 26.7 Å². The number of carbonyl (C=O) groups is 2. The Labute approximate surface area is 227 Å². The van der Waals surface area contributed by atoms with E-state index in [4.69, 9.17) is 14.2 Å². The lowest BCUT2D eigenvalue weighted by molar-refractivity contribution is -0.140. The van der Waals surface area contributed by atoms with E-state index in [0.29, 0.717) is 35.8 Å². The van der Waals surface area contributed by atoms with E-state index >= 15 is 0 Å². The Kier molecular flexibility index (Phi) is 7.46. The number of nitrogens with zero attached hydrogens (tertiary/aromatic N) is 5. The molecule has 11 heteroatoms. The number of benzene rings is 1. The number of hydrogen-bond donors (Lipinski definition) is 1. The van der Waals surface area contributed by atoms with Gasteiger partial charge in [0.2, 0.25) is 0 Å². The number of nitrogens with one attached hydrogen (secondary N) is 1. The zero-order chi connectivity index (χ0) is 27.7. The second kappa shape index (κ2) is 10.8. The van der Waals surface area contributed by atoms with Crippen LogP contribution in [0.1, 0.15) is 49.3 Å². The molecule has 11 nitrogen and oxygen atoms in total. The fourth-order valence-electron chi connectivity index (χ4n) is 5.19. The van der Waals surface area contributed by atoms with E-state index in [2.05, 4.69) is 20.2 Å². The first-order chi connectivity index (χ1) is 18.6. The molecule has 5 rings (SSSR count). The van der Waals surface area contributed by atoms with Crippen LogP contribution in [0.3, 0.4) is 0 Å². The normalized spacial score (nSPS) is 17.6. The molecule has 4 heterocycles. The van der Waals surface area contributed by atoms with Gasteiger partial charge < -0.3 is 24.1 Å². The fourth-order valence-corrected chi connectivity index (χ4v) is 5.19. The van der Waals surface area contributed by atoms with Crippen LogP contribution in [0.2, 0.25) is 0 Å². The zero-order valence-corrected chi connectivity index (χ0v) is 23.2. The molecule has 0 atom stereocenters. The monoisotopic (exact) mass is 536 g/mol. The Balaban J connectivity index is 1.39. The third kappa shape index (κ3) is 5.55. The largest absolute Gasteiger partial charge is 0.492 e. The topological polar surface area (TPSA) is 115 Å². The summed E-state index contributed by atoms with van der Waals surface area (Å²) in [4.78, 5) is 34.2. The first-order valence-corrected chi connectivity index (χ1v) is 13.3. The van der Waals surface area contributed by atoms with Gasteiger partial charge in [-0.2, -0.15) is 0 Å². The van der Waals surface area contributed by atoms with Gasteiger partial charge in [0.1, 0.15) is 17.9 Å². The highest BCUT2D eigenvalue weighted by molar-refractivity contribution is 6.18. The van der Waals surface area contributed by atoms with Crippen molar-refractivity contribution in [1.29, 1.82) is 0 Å². The molecule has 1 amide bonds. The summed E-state index contributed by atoms with van der Waals surface area (Å²) >= 11 is 0. The van der Waals surface area contributed by atoms with Gasteiger partial charge in [-0.3, -0.25) is 9.69 Å². The summed E-state index contributed by atoms with van der Waals surface area (Å²) in [6.45, 7) is 12.7. The predicted octanol–water partition coefficient (Wildman–Crippen LogP) is 2.73. The minimum absolute atomic E-state index is 0.220. The Morgan fingerprint density at radius 1 is 1.15 bits per heavy atom. The fraction of sp³-hybridized carbons (Fsp3) is 0.500. The number of aromatic amines is 1. The van der Waals surface area contributed by atoms with E-state index in [1.54, 1.807) is 53.9 Å². The van der Waals surface area contributed by atoms with Crippen molar-refractivity contribution in [2.75, 3.05) is 46.0 Å². The molecule has 0 spiro atoms. The number of morpholine rings is 1. The van der Waals surface area contributed by atoms with Crippen molar-refractivity contribution >= 4 is 28.6 Å². The highest BCUT2D eigenvalue weighted by Crippen LogP contribution is 2.40. The van der Waals surface area contributed by atoms with Gasteiger partial charge in [-0.25, -0.2) is 9.48 Å². The number of amides is 1. The molecule has 2 aliphatic heterocycles. The van der Waals surface area contributed by atoms with E-state index in [-0.39, 0.29) is 17.6 Å². The Bertz CT molecular complexity index is 1380. The number of carbonyl (C=O) groups excluding carboxylic acids is 2. The van der Waals surface area contributed by atoms with Crippen LogP contribution >= 0.6 is 0 Å². The molecule has 0 unspecified atom stereocenters. The molecule has 39 heavy (non-hydrogen) atoms. The first-order valence-electron chi connectivity index (χ1n) is 13.3. The van der Waals surface area contributed by atoms with Crippen LogP contribution < -0.4 is 4.74 Å². The second-order valence-corrected chi connectivity index (χ2v) is 10.9. The smallest absolute Gasteiger partial charge is 0.342 e. The van der Waals surface area contributed by atoms with Gasteiger partial charge in [0.05, 0.1) is 30.6 Å². The summed E-state index contributed by atoms with van der Waals surface area (Å²) in [5.74, 6) is -0.0265. The molecule has 1 N–H and O–H groups in total. The van der Waals surface area contributed by atoms with E-state index in [1.807, 2.05) is 20.9 Å². The molecule has 1 aromatic carbocycles. The van der Waals surface area contributed by atoms with Crippen molar-refractivity contribution in [2.45, 2.75) is 39.2 Å². The Hall–Kier alpha value is -3.70. The van der Waals surface area contributed by atoms with Crippen LogP contribution in [0.5, 0.6) is 5.75 Å². The van der Waals surface area contributed by atoms with Gasteiger partial charge in [-0.15, -0.1) is 5.10 Å². The SMILES string of the molecule is CC(C)OC(=O)C1=CN(C(=O)c2ccc(OCCN3CCOCC3)cc2)CC(C)(C)c2c1[nH]c1nnn(C)c21. The van der Waals surface area contributed by atoms with Crippen molar-refractivity contribution in [1.82, 2.24) is 29.8 Å². The van der Waals surface area contributed by atoms with Crippen molar-refractivity contribution in [3.63, 3.8) is 0 Å². The minimum atomic E-state index is -0.530. The van der Waals surface area contributed by atoms with Crippen LogP contribution in [0, 0.1) is 0 Å². The molecular weight excluding hydrogens is 500 g/mol. The molecule has 2 aliphatic rings. The number of esters is 1. The van der Waals surface area contributed by atoms with Gasteiger partial charge in [0.15, 0.2) is 5.65 Å². The van der Waals surface area contributed by atoms with Gasteiger partial charge in [0, 0.05) is 56.0 Å². The summed E-state index contributed by atoms with van der Waals surface area (Å²) in [5.41, 5.74) is 3.10. The predicted molar refractivity (Wildman–Crippen MR) is 145 cm³/mol. The lowest BCUT2D eigenvalue weighted by Gasteiger charge is -2.29. The van der Waals surface area contributed by atoms with Crippen molar-refractivity contribution < 1.29 is 23.8 Å². The molecule has 208 valence electrons. The molecular formula is C28H36N6O5. The number of H-pyrrole nitrogens is 1. The third-order valence-corrected chi connectivity index (χ3v) is 7.06. The number of rotatable bonds is 7.